The van der Waals surface area contributed by atoms with Crippen molar-refractivity contribution in [1.29, 1.82) is 0 Å². The molecule has 0 fully saturated rings. The maximum atomic E-state index is 4.38. The van der Waals surface area contributed by atoms with Gasteiger partial charge in [-0.2, -0.15) is 10.1 Å². The molecule has 0 saturated carbocycles. The van der Waals surface area contributed by atoms with Gasteiger partial charge in [0.2, 0.25) is 0 Å². The number of hydrogen-bond acceptors (Lipinski definition) is 2. The Kier molecular flexibility index (Phi) is 4.73. The molecule has 24 heavy (non-hydrogen) atoms. The molecule has 0 amide bonds. The van der Waals surface area contributed by atoms with E-state index in [1.165, 1.54) is 0 Å². The molecule has 2 heterocycles. The van der Waals surface area contributed by atoms with Crippen LogP contribution in [0, 0.1) is 11.8 Å². The maximum absolute atomic E-state index is 4.38. The Bertz CT molecular complexity index is 842. The van der Waals surface area contributed by atoms with Crippen LogP contribution in [0.5, 0.6) is 0 Å². The van der Waals surface area contributed by atoms with Crippen molar-refractivity contribution in [2.75, 3.05) is 19.0 Å². The second kappa shape index (κ2) is 7.30. The number of benzene rings is 1. The van der Waals surface area contributed by atoms with Gasteiger partial charge < -0.3 is 9.88 Å². The van der Waals surface area contributed by atoms with Crippen LogP contribution in [-0.2, 0) is 0 Å². The molecule has 1 aromatic carbocycles. The van der Waals surface area contributed by atoms with Crippen LogP contribution >= 0.6 is 0 Å². The standard InChI is InChI=1S/C20H18N4/c1-23(2)19-11-8-17(9-12-19)6-7-18-10-13-20(21-16-18)22-24-14-4-3-5-15-24/h3-5,8-16H,1-2H3. The van der Waals surface area contributed by atoms with Gasteiger partial charge >= 0.3 is 0 Å². The van der Waals surface area contributed by atoms with E-state index in [0.717, 1.165) is 16.8 Å². The first-order valence-corrected chi connectivity index (χ1v) is 7.64. The molecule has 0 bridgehead atoms. The quantitative estimate of drug-likeness (QED) is 0.549. The molecule has 0 radical (unpaired) electrons. The highest BCUT2D eigenvalue weighted by molar-refractivity contribution is 5.51. The van der Waals surface area contributed by atoms with Crippen LogP contribution in [0.2, 0.25) is 0 Å². The van der Waals surface area contributed by atoms with Crippen molar-refractivity contribution in [2.24, 2.45) is 0 Å². The fraction of sp³-hybridized carbons (Fsp3) is 0.100. The van der Waals surface area contributed by atoms with Crippen molar-refractivity contribution in [3.05, 3.63) is 89.7 Å². The summed E-state index contributed by atoms with van der Waals surface area (Å²) in [7, 11) is 4.04. The Hall–Kier alpha value is -3.32. The van der Waals surface area contributed by atoms with E-state index in [4.69, 9.17) is 0 Å². The minimum Gasteiger partial charge on any atom is -0.437 e. The Morgan fingerprint density at radius 1 is 0.875 bits per heavy atom. The first kappa shape index (κ1) is 15.6. The third-order valence-corrected chi connectivity index (χ3v) is 3.40. The molecule has 4 nitrogen and oxygen atoms in total. The van der Waals surface area contributed by atoms with Crippen LogP contribution in [0.15, 0.2) is 73.2 Å². The summed E-state index contributed by atoms with van der Waals surface area (Å²) in [5.41, 5.74) is 7.38. The van der Waals surface area contributed by atoms with Crippen molar-refractivity contribution in [2.45, 2.75) is 0 Å². The average Bonchev–Trinajstić information content (AvgIpc) is 2.62. The van der Waals surface area contributed by atoms with E-state index in [1.54, 1.807) is 10.9 Å². The van der Waals surface area contributed by atoms with Crippen molar-refractivity contribution in [1.82, 2.24) is 4.98 Å². The van der Waals surface area contributed by atoms with E-state index in [0.29, 0.717) is 5.82 Å². The van der Waals surface area contributed by atoms with Crippen molar-refractivity contribution >= 4 is 11.5 Å². The molecule has 3 aromatic rings. The predicted molar refractivity (Wildman–Crippen MR) is 96.0 cm³/mol. The average molecular weight is 314 g/mol. The zero-order valence-electron chi connectivity index (χ0n) is 13.7. The van der Waals surface area contributed by atoms with Gasteiger partial charge in [-0.15, -0.1) is 0 Å². The van der Waals surface area contributed by atoms with Crippen LogP contribution in [0.4, 0.5) is 11.5 Å². The summed E-state index contributed by atoms with van der Waals surface area (Å²) in [5, 5.41) is 0. The van der Waals surface area contributed by atoms with Gasteiger partial charge in [-0.1, -0.05) is 30.2 Å². The number of hydrogen-bond donors (Lipinski definition) is 0. The lowest BCUT2D eigenvalue weighted by atomic mass is 10.2. The zero-order chi connectivity index (χ0) is 16.8. The molecule has 0 aliphatic carbocycles. The molecule has 0 saturated heterocycles. The molecule has 0 unspecified atom stereocenters. The van der Waals surface area contributed by atoms with Gasteiger partial charge in [0.1, 0.15) is 0 Å². The molecule has 2 aromatic heterocycles. The van der Waals surface area contributed by atoms with Gasteiger partial charge in [0, 0.05) is 48.9 Å². The SMILES string of the molecule is CN(C)c1ccc(C#Cc2ccc([N-][n+]3ccccc3)nc2)cc1. The normalized spacial score (nSPS) is 9.75. The topological polar surface area (TPSA) is 34.1 Å². The van der Waals surface area contributed by atoms with Gasteiger partial charge in [-0.25, -0.2) is 0 Å². The van der Waals surface area contributed by atoms with Crippen molar-refractivity contribution < 1.29 is 4.68 Å². The van der Waals surface area contributed by atoms with Gasteiger partial charge in [0.25, 0.3) is 0 Å². The molecule has 0 aliphatic rings. The Morgan fingerprint density at radius 2 is 1.54 bits per heavy atom. The lowest BCUT2D eigenvalue weighted by Crippen LogP contribution is -2.26. The van der Waals surface area contributed by atoms with Crippen molar-refractivity contribution in [3.8, 4) is 11.8 Å². The molecular weight excluding hydrogens is 296 g/mol. The third-order valence-electron chi connectivity index (χ3n) is 3.40. The highest BCUT2D eigenvalue weighted by Crippen LogP contribution is 2.13. The van der Waals surface area contributed by atoms with E-state index >= 15 is 0 Å². The van der Waals surface area contributed by atoms with Crippen molar-refractivity contribution in [3.63, 3.8) is 0 Å². The van der Waals surface area contributed by atoms with Crippen LogP contribution < -0.4 is 9.58 Å². The first-order valence-electron chi connectivity index (χ1n) is 7.64. The Balaban J connectivity index is 1.68. The highest BCUT2D eigenvalue weighted by atomic mass is 15.4. The Morgan fingerprint density at radius 3 is 2.17 bits per heavy atom. The molecule has 0 N–H and O–H groups in total. The lowest BCUT2D eigenvalue weighted by molar-refractivity contribution is -0.619. The number of anilines is 1. The van der Waals surface area contributed by atoms with Gasteiger partial charge in [0.15, 0.2) is 12.4 Å². The van der Waals surface area contributed by atoms with Gasteiger partial charge in [-0.05, 0) is 30.3 Å². The summed E-state index contributed by atoms with van der Waals surface area (Å²) in [6.45, 7) is 0. The molecule has 0 aliphatic heterocycles. The van der Waals surface area contributed by atoms with Crippen LogP contribution in [0.25, 0.3) is 5.43 Å². The van der Waals surface area contributed by atoms with E-state index < -0.39 is 0 Å². The molecular formula is C20H18N4. The fourth-order valence-corrected chi connectivity index (χ4v) is 2.08. The fourth-order valence-electron chi connectivity index (χ4n) is 2.08. The largest absolute Gasteiger partial charge is 0.437 e. The van der Waals surface area contributed by atoms with Crippen LogP contribution in [0.3, 0.4) is 0 Å². The Labute approximate surface area is 142 Å². The molecule has 118 valence electrons. The maximum Gasteiger partial charge on any atom is 0.182 e. The second-order valence-electron chi connectivity index (χ2n) is 5.45. The summed E-state index contributed by atoms with van der Waals surface area (Å²) in [6.07, 6.45) is 5.48. The minimum absolute atomic E-state index is 0.645. The summed E-state index contributed by atoms with van der Waals surface area (Å²) in [5.74, 6) is 6.92. The van der Waals surface area contributed by atoms with E-state index in [-0.39, 0.29) is 0 Å². The summed E-state index contributed by atoms with van der Waals surface area (Å²) < 4.78 is 1.72. The predicted octanol–water partition coefficient (Wildman–Crippen LogP) is 3.30. The number of rotatable bonds is 3. The second-order valence-corrected chi connectivity index (χ2v) is 5.45. The number of aromatic nitrogens is 2. The first-order chi connectivity index (χ1) is 11.7. The number of pyridine rings is 2. The summed E-state index contributed by atoms with van der Waals surface area (Å²) in [6, 6.07) is 17.7. The molecule has 4 heteroatoms. The van der Waals surface area contributed by atoms with E-state index in [2.05, 4.69) is 39.3 Å². The summed E-state index contributed by atoms with van der Waals surface area (Å²) in [4.78, 5) is 6.39. The molecule has 3 rings (SSSR count). The zero-order valence-corrected chi connectivity index (χ0v) is 13.7. The minimum atomic E-state index is 0.645. The highest BCUT2D eigenvalue weighted by Gasteiger charge is 1.94. The van der Waals surface area contributed by atoms with E-state index in [9.17, 15) is 0 Å². The van der Waals surface area contributed by atoms with E-state index in [1.807, 2.05) is 69.0 Å². The lowest BCUT2D eigenvalue weighted by Gasteiger charge is -2.11. The molecule has 0 spiro atoms. The van der Waals surface area contributed by atoms with Gasteiger partial charge in [-0.3, -0.25) is 0 Å². The van der Waals surface area contributed by atoms with Crippen LogP contribution in [0.1, 0.15) is 11.1 Å². The smallest absolute Gasteiger partial charge is 0.182 e. The molecule has 0 atom stereocenters. The summed E-state index contributed by atoms with van der Waals surface area (Å²) >= 11 is 0. The third kappa shape index (κ3) is 4.11. The number of nitrogens with zero attached hydrogens (tertiary/aromatic N) is 4. The van der Waals surface area contributed by atoms with Gasteiger partial charge in [0.05, 0.1) is 0 Å². The monoisotopic (exact) mass is 314 g/mol. The van der Waals surface area contributed by atoms with Crippen LogP contribution in [-0.4, -0.2) is 19.1 Å².